The molecule has 1 fully saturated rings. The van der Waals surface area contributed by atoms with E-state index < -0.39 is 0 Å². The number of rotatable bonds is 5. The van der Waals surface area contributed by atoms with Crippen molar-refractivity contribution in [2.45, 2.75) is 26.7 Å². The standard InChI is InChI=1S/C27H27Cl2N5OS/c1-17-18(2)36-26-23(17)25(30-22(31-26)12-11-19-7-4-3-5-8-19)33-13-15-34(16-14-33)27(35)32-24-20(28)9-6-10-21(24)29/h3-10H,11-16H2,1-2H3,(H,32,35). The number of anilines is 2. The van der Waals surface area contributed by atoms with E-state index in [1.54, 1.807) is 34.4 Å². The van der Waals surface area contributed by atoms with Crippen LogP contribution in [0.2, 0.25) is 10.0 Å². The maximum Gasteiger partial charge on any atom is 0.322 e. The number of aromatic nitrogens is 2. The van der Waals surface area contributed by atoms with Crippen molar-refractivity contribution in [3.63, 3.8) is 0 Å². The van der Waals surface area contributed by atoms with Crippen LogP contribution in [0.1, 0.15) is 21.8 Å². The summed E-state index contributed by atoms with van der Waals surface area (Å²) in [4.78, 5) is 29.2. The van der Waals surface area contributed by atoms with Crippen LogP contribution in [0, 0.1) is 13.8 Å². The Hall–Kier alpha value is -2.87. The first-order chi connectivity index (χ1) is 17.4. The number of halogens is 2. The molecule has 0 spiro atoms. The molecule has 1 aliphatic heterocycles. The average molecular weight is 541 g/mol. The van der Waals surface area contributed by atoms with Gasteiger partial charge in [-0.05, 0) is 43.5 Å². The van der Waals surface area contributed by atoms with Crippen molar-refractivity contribution < 1.29 is 4.79 Å². The number of fused-ring (bicyclic) bond motifs is 1. The van der Waals surface area contributed by atoms with Crippen LogP contribution in [-0.2, 0) is 12.8 Å². The van der Waals surface area contributed by atoms with Gasteiger partial charge in [-0.25, -0.2) is 14.8 Å². The van der Waals surface area contributed by atoms with E-state index in [2.05, 4.69) is 48.3 Å². The molecule has 2 amide bonds. The summed E-state index contributed by atoms with van der Waals surface area (Å²) in [6, 6.07) is 15.4. The minimum absolute atomic E-state index is 0.205. The van der Waals surface area contributed by atoms with Gasteiger partial charge in [0.15, 0.2) is 0 Å². The maximum absolute atomic E-state index is 12.9. The number of benzene rings is 2. The third-order valence-corrected chi connectivity index (χ3v) is 8.33. The zero-order valence-electron chi connectivity index (χ0n) is 20.2. The van der Waals surface area contributed by atoms with Crippen molar-refractivity contribution in [2.75, 3.05) is 36.4 Å². The van der Waals surface area contributed by atoms with Gasteiger partial charge in [-0.2, -0.15) is 0 Å². The second-order valence-corrected chi connectivity index (χ2v) is 10.9. The predicted octanol–water partition coefficient (Wildman–Crippen LogP) is 6.75. The minimum Gasteiger partial charge on any atom is -0.352 e. The van der Waals surface area contributed by atoms with Gasteiger partial charge in [-0.3, -0.25) is 0 Å². The Bertz CT molecular complexity index is 1380. The van der Waals surface area contributed by atoms with Crippen molar-refractivity contribution in [3.05, 3.63) is 80.4 Å². The number of thiophene rings is 1. The van der Waals surface area contributed by atoms with Crippen molar-refractivity contribution in [2.24, 2.45) is 0 Å². The lowest BCUT2D eigenvalue weighted by atomic mass is 10.1. The van der Waals surface area contributed by atoms with Crippen LogP contribution in [0.4, 0.5) is 16.3 Å². The van der Waals surface area contributed by atoms with Crippen LogP contribution in [0.3, 0.4) is 0 Å². The molecule has 2 aromatic carbocycles. The van der Waals surface area contributed by atoms with E-state index in [0.717, 1.165) is 34.7 Å². The van der Waals surface area contributed by atoms with Crippen LogP contribution in [-0.4, -0.2) is 47.1 Å². The van der Waals surface area contributed by atoms with Gasteiger partial charge in [0, 0.05) is 37.5 Å². The molecule has 36 heavy (non-hydrogen) atoms. The van der Waals surface area contributed by atoms with Gasteiger partial charge < -0.3 is 15.1 Å². The number of carbonyl (C=O) groups is 1. The fourth-order valence-corrected chi connectivity index (χ4v) is 5.97. The normalized spacial score (nSPS) is 13.9. The number of nitrogens with zero attached hydrogens (tertiary/aromatic N) is 4. The largest absolute Gasteiger partial charge is 0.352 e. The molecule has 2 aromatic heterocycles. The predicted molar refractivity (Wildman–Crippen MR) is 150 cm³/mol. The number of aryl methyl sites for hydroxylation is 4. The Balaban J connectivity index is 1.33. The van der Waals surface area contributed by atoms with E-state index in [1.165, 1.54) is 16.0 Å². The minimum atomic E-state index is -0.205. The number of carbonyl (C=O) groups excluding carboxylic acids is 1. The molecule has 4 aromatic rings. The van der Waals surface area contributed by atoms with Gasteiger partial charge >= 0.3 is 6.03 Å². The Morgan fingerprint density at radius 3 is 2.33 bits per heavy atom. The van der Waals surface area contributed by atoms with E-state index in [-0.39, 0.29) is 6.03 Å². The van der Waals surface area contributed by atoms with Crippen molar-refractivity contribution in [3.8, 4) is 0 Å². The molecular formula is C27H27Cl2N5OS. The highest BCUT2D eigenvalue weighted by Crippen LogP contribution is 2.36. The molecule has 0 unspecified atom stereocenters. The number of nitrogens with one attached hydrogen (secondary N) is 1. The molecule has 1 aliphatic rings. The number of piperazine rings is 1. The smallest absolute Gasteiger partial charge is 0.322 e. The summed E-state index contributed by atoms with van der Waals surface area (Å²) in [6.45, 7) is 6.78. The molecule has 1 N–H and O–H groups in total. The Morgan fingerprint density at radius 1 is 0.944 bits per heavy atom. The van der Waals surface area contributed by atoms with Gasteiger partial charge in [-0.15, -0.1) is 11.3 Å². The number of hydrogen-bond acceptors (Lipinski definition) is 5. The molecule has 1 saturated heterocycles. The van der Waals surface area contributed by atoms with E-state index in [4.69, 9.17) is 33.2 Å². The van der Waals surface area contributed by atoms with Crippen LogP contribution < -0.4 is 10.2 Å². The Labute approximate surface area is 224 Å². The molecule has 0 aliphatic carbocycles. The number of urea groups is 1. The molecule has 3 heterocycles. The quantitative estimate of drug-likeness (QED) is 0.304. The number of para-hydroxylation sites is 1. The maximum atomic E-state index is 12.9. The topological polar surface area (TPSA) is 61.4 Å². The van der Waals surface area contributed by atoms with Crippen LogP contribution in [0.25, 0.3) is 10.2 Å². The molecule has 186 valence electrons. The zero-order chi connectivity index (χ0) is 25.2. The Kier molecular flexibility index (Phi) is 7.32. The van der Waals surface area contributed by atoms with Gasteiger partial charge in [-0.1, -0.05) is 59.6 Å². The van der Waals surface area contributed by atoms with Crippen molar-refractivity contribution in [1.29, 1.82) is 0 Å². The SMILES string of the molecule is Cc1sc2nc(CCc3ccccc3)nc(N3CCN(C(=O)Nc4c(Cl)cccc4Cl)CC3)c2c1C. The van der Waals surface area contributed by atoms with Gasteiger partial charge in [0.1, 0.15) is 16.5 Å². The highest BCUT2D eigenvalue weighted by Gasteiger charge is 2.26. The van der Waals surface area contributed by atoms with E-state index in [9.17, 15) is 4.79 Å². The molecule has 9 heteroatoms. The lowest BCUT2D eigenvalue weighted by Crippen LogP contribution is -2.50. The first kappa shape index (κ1) is 24.8. The number of hydrogen-bond donors (Lipinski definition) is 1. The highest BCUT2D eigenvalue weighted by molar-refractivity contribution is 7.18. The lowest BCUT2D eigenvalue weighted by Gasteiger charge is -2.36. The van der Waals surface area contributed by atoms with Crippen LogP contribution >= 0.6 is 34.5 Å². The molecule has 0 atom stereocenters. The third kappa shape index (κ3) is 5.14. The first-order valence-electron chi connectivity index (χ1n) is 12.0. The van der Waals surface area contributed by atoms with Crippen molar-refractivity contribution in [1.82, 2.24) is 14.9 Å². The zero-order valence-corrected chi connectivity index (χ0v) is 22.6. The first-order valence-corrected chi connectivity index (χ1v) is 13.5. The van der Waals surface area contributed by atoms with Crippen molar-refractivity contribution >= 4 is 62.3 Å². The van der Waals surface area contributed by atoms with Gasteiger partial charge in [0.25, 0.3) is 0 Å². The summed E-state index contributed by atoms with van der Waals surface area (Å²) < 4.78 is 0. The molecule has 5 rings (SSSR count). The van der Waals surface area contributed by atoms with Gasteiger partial charge in [0.05, 0.1) is 21.1 Å². The third-order valence-electron chi connectivity index (χ3n) is 6.60. The van der Waals surface area contributed by atoms with Crippen LogP contribution in [0.5, 0.6) is 0 Å². The lowest BCUT2D eigenvalue weighted by molar-refractivity contribution is 0.208. The second-order valence-electron chi connectivity index (χ2n) is 8.91. The van der Waals surface area contributed by atoms with E-state index >= 15 is 0 Å². The van der Waals surface area contributed by atoms with E-state index in [1.807, 2.05) is 6.07 Å². The van der Waals surface area contributed by atoms with E-state index in [0.29, 0.717) is 41.9 Å². The molecule has 6 nitrogen and oxygen atoms in total. The molecule has 0 saturated carbocycles. The summed E-state index contributed by atoms with van der Waals surface area (Å²) in [5.41, 5.74) is 2.95. The number of amides is 2. The summed E-state index contributed by atoms with van der Waals surface area (Å²) in [5, 5.41) is 4.83. The van der Waals surface area contributed by atoms with Crippen LogP contribution in [0.15, 0.2) is 48.5 Å². The second kappa shape index (κ2) is 10.6. The van der Waals surface area contributed by atoms with Gasteiger partial charge in [0.2, 0.25) is 0 Å². The average Bonchev–Trinajstić information content (AvgIpc) is 3.18. The molecular weight excluding hydrogens is 513 g/mol. The Morgan fingerprint density at radius 2 is 1.64 bits per heavy atom. The fraction of sp³-hybridized carbons (Fsp3) is 0.296. The summed E-state index contributed by atoms with van der Waals surface area (Å²) in [7, 11) is 0. The summed E-state index contributed by atoms with van der Waals surface area (Å²) in [6.07, 6.45) is 1.68. The summed E-state index contributed by atoms with van der Waals surface area (Å²) >= 11 is 14.2. The highest BCUT2D eigenvalue weighted by atomic mass is 35.5. The monoisotopic (exact) mass is 539 g/mol. The fourth-order valence-electron chi connectivity index (χ4n) is 4.44. The molecule has 0 bridgehead atoms. The summed E-state index contributed by atoms with van der Waals surface area (Å²) in [5.74, 6) is 1.83. The molecule has 0 radical (unpaired) electrons.